The Morgan fingerprint density at radius 1 is 1.40 bits per heavy atom. The van der Waals surface area contributed by atoms with Crippen LogP contribution in [0.2, 0.25) is 0 Å². The molecule has 2 amide bonds. The standard InChI is InChI=1S/C16H24N2O2/c1-16(2,3)14(19)10-17-15(20)18-13-9-8-11-6-4-5-7-12(11)13/h4-7,13-14,19H,8-10H2,1-3H3,(H2,17,18,20). The maximum absolute atomic E-state index is 11.9. The number of carbonyl (C=O) groups is 1. The molecular weight excluding hydrogens is 252 g/mol. The van der Waals surface area contributed by atoms with Crippen molar-refractivity contribution in [3.05, 3.63) is 35.4 Å². The molecule has 1 aliphatic rings. The number of aliphatic hydroxyl groups excluding tert-OH is 1. The van der Waals surface area contributed by atoms with Crippen molar-refractivity contribution in [1.82, 2.24) is 10.6 Å². The number of aryl methyl sites for hydroxylation is 1. The highest BCUT2D eigenvalue weighted by Gasteiger charge is 2.25. The maximum atomic E-state index is 11.9. The molecule has 20 heavy (non-hydrogen) atoms. The summed E-state index contributed by atoms with van der Waals surface area (Å²) in [6.07, 6.45) is 1.39. The lowest BCUT2D eigenvalue weighted by Gasteiger charge is -2.26. The van der Waals surface area contributed by atoms with Crippen LogP contribution in [0.4, 0.5) is 4.79 Å². The highest BCUT2D eigenvalue weighted by molar-refractivity contribution is 5.74. The van der Waals surface area contributed by atoms with Crippen molar-refractivity contribution in [3.63, 3.8) is 0 Å². The van der Waals surface area contributed by atoms with Gasteiger partial charge in [-0.15, -0.1) is 0 Å². The van der Waals surface area contributed by atoms with Crippen LogP contribution in [0.5, 0.6) is 0 Å². The highest BCUT2D eigenvalue weighted by atomic mass is 16.3. The number of hydrogen-bond donors (Lipinski definition) is 3. The zero-order chi connectivity index (χ0) is 14.8. The lowest BCUT2D eigenvalue weighted by Crippen LogP contribution is -2.44. The predicted molar refractivity (Wildman–Crippen MR) is 79.5 cm³/mol. The van der Waals surface area contributed by atoms with Crippen molar-refractivity contribution in [2.24, 2.45) is 5.41 Å². The molecule has 2 rings (SSSR count). The minimum Gasteiger partial charge on any atom is -0.391 e. The van der Waals surface area contributed by atoms with Gasteiger partial charge >= 0.3 is 6.03 Å². The Bertz CT molecular complexity index is 480. The summed E-state index contributed by atoms with van der Waals surface area (Å²) in [5.41, 5.74) is 2.29. The van der Waals surface area contributed by atoms with Crippen LogP contribution in [0.15, 0.2) is 24.3 Å². The van der Waals surface area contributed by atoms with E-state index < -0.39 is 6.10 Å². The monoisotopic (exact) mass is 276 g/mol. The van der Waals surface area contributed by atoms with E-state index in [9.17, 15) is 9.90 Å². The predicted octanol–water partition coefficient (Wildman–Crippen LogP) is 2.38. The third kappa shape index (κ3) is 3.51. The Hall–Kier alpha value is -1.55. The van der Waals surface area contributed by atoms with E-state index in [4.69, 9.17) is 0 Å². The van der Waals surface area contributed by atoms with E-state index in [-0.39, 0.29) is 24.0 Å². The average molecular weight is 276 g/mol. The first-order chi connectivity index (χ1) is 9.38. The van der Waals surface area contributed by atoms with Crippen molar-refractivity contribution in [1.29, 1.82) is 0 Å². The quantitative estimate of drug-likeness (QED) is 0.794. The molecule has 1 aromatic rings. The first-order valence-corrected chi connectivity index (χ1v) is 7.18. The van der Waals surface area contributed by atoms with Crippen LogP contribution in [0.1, 0.15) is 44.4 Å². The number of urea groups is 1. The maximum Gasteiger partial charge on any atom is 0.315 e. The minimum absolute atomic E-state index is 0.0815. The zero-order valence-electron chi connectivity index (χ0n) is 12.4. The summed E-state index contributed by atoms with van der Waals surface area (Å²) < 4.78 is 0. The summed E-state index contributed by atoms with van der Waals surface area (Å²) >= 11 is 0. The van der Waals surface area contributed by atoms with Crippen molar-refractivity contribution >= 4 is 6.03 Å². The Morgan fingerprint density at radius 3 is 2.80 bits per heavy atom. The van der Waals surface area contributed by atoms with Gasteiger partial charge in [-0.3, -0.25) is 0 Å². The summed E-state index contributed by atoms with van der Waals surface area (Å²) in [4.78, 5) is 11.9. The molecule has 4 nitrogen and oxygen atoms in total. The van der Waals surface area contributed by atoms with Crippen LogP contribution in [-0.4, -0.2) is 23.8 Å². The largest absolute Gasteiger partial charge is 0.391 e. The van der Waals surface area contributed by atoms with Gasteiger partial charge in [0.2, 0.25) is 0 Å². The summed E-state index contributed by atoms with van der Waals surface area (Å²) in [7, 11) is 0. The van der Waals surface area contributed by atoms with Crippen molar-refractivity contribution in [2.45, 2.75) is 45.8 Å². The van der Waals surface area contributed by atoms with Gasteiger partial charge in [0.05, 0.1) is 12.1 Å². The molecule has 0 aromatic heterocycles. The average Bonchev–Trinajstić information content (AvgIpc) is 2.78. The fraction of sp³-hybridized carbons (Fsp3) is 0.562. The number of rotatable bonds is 3. The van der Waals surface area contributed by atoms with E-state index in [0.29, 0.717) is 0 Å². The fourth-order valence-electron chi connectivity index (χ4n) is 2.41. The number of nitrogens with one attached hydrogen (secondary N) is 2. The molecule has 1 aliphatic carbocycles. The topological polar surface area (TPSA) is 61.4 Å². The van der Waals surface area contributed by atoms with Gasteiger partial charge in [0.15, 0.2) is 0 Å². The van der Waals surface area contributed by atoms with E-state index >= 15 is 0 Å². The second kappa shape index (κ2) is 5.83. The van der Waals surface area contributed by atoms with Gasteiger partial charge in [0.1, 0.15) is 0 Å². The van der Waals surface area contributed by atoms with Gasteiger partial charge in [0.25, 0.3) is 0 Å². The number of benzene rings is 1. The second-order valence-corrected chi connectivity index (χ2v) is 6.53. The summed E-state index contributed by atoms with van der Waals surface area (Å²) in [6, 6.07) is 8.07. The Labute approximate surface area is 120 Å². The molecule has 2 unspecified atom stereocenters. The third-order valence-corrected chi connectivity index (χ3v) is 3.89. The number of hydrogen-bond acceptors (Lipinski definition) is 2. The summed E-state index contributed by atoms with van der Waals surface area (Å²) in [5, 5.41) is 15.6. The van der Waals surface area contributed by atoms with Crippen LogP contribution in [0, 0.1) is 5.41 Å². The van der Waals surface area contributed by atoms with Crippen LogP contribution >= 0.6 is 0 Å². The van der Waals surface area contributed by atoms with E-state index in [1.165, 1.54) is 11.1 Å². The Kier molecular flexibility index (Phi) is 4.33. The van der Waals surface area contributed by atoms with E-state index in [0.717, 1.165) is 12.8 Å². The SMILES string of the molecule is CC(C)(C)C(O)CNC(=O)NC1CCc2ccccc21. The summed E-state index contributed by atoms with van der Waals surface area (Å²) in [5.74, 6) is 0. The molecule has 0 radical (unpaired) electrons. The first-order valence-electron chi connectivity index (χ1n) is 7.18. The lowest BCUT2D eigenvalue weighted by atomic mass is 9.89. The molecule has 2 atom stereocenters. The van der Waals surface area contributed by atoms with Crippen molar-refractivity contribution in [2.75, 3.05) is 6.54 Å². The molecule has 1 aromatic carbocycles. The number of carbonyl (C=O) groups excluding carboxylic acids is 1. The molecule has 0 fully saturated rings. The van der Waals surface area contributed by atoms with Gasteiger partial charge in [-0.2, -0.15) is 0 Å². The van der Waals surface area contributed by atoms with Gasteiger partial charge in [0, 0.05) is 6.54 Å². The molecule has 0 saturated heterocycles. The van der Waals surface area contributed by atoms with Crippen LogP contribution in [-0.2, 0) is 6.42 Å². The molecule has 110 valence electrons. The lowest BCUT2D eigenvalue weighted by molar-refractivity contribution is 0.0649. The minimum atomic E-state index is -0.552. The van der Waals surface area contributed by atoms with Gasteiger partial charge in [-0.05, 0) is 29.4 Å². The van der Waals surface area contributed by atoms with Crippen molar-refractivity contribution in [3.8, 4) is 0 Å². The first kappa shape index (κ1) is 14.9. The normalized spacial score (nSPS) is 19.3. The van der Waals surface area contributed by atoms with Crippen LogP contribution in [0.25, 0.3) is 0 Å². The molecule has 3 N–H and O–H groups in total. The number of amides is 2. The molecule has 0 heterocycles. The van der Waals surface area contributed by atoms with E-state index in [1.807, 2.05) is 32.9 Å². The molecule has 0 bridgehead atoms. The molecular formula is C16H24N2O2. The van der Waals surface area contributed by atoms with E-state index in [2.05, 4.69) is 22.8 Å². The van der Waals surface area contributed by atoms with E-state index in [1.54, 1.807) is 0 Å². The summed E-state index contributed by atoms with van der Waals surface area (Å²) in [6.45, 7) is 6.11. The van der Waals surface area contributed by atoms with Gasteiger partial charge < -0.3 is 15.7 Å². The number of fused-ring (bicyclic) bond motifs is 1. The Morgan fingerprint density at radius 2 is 2.10 bits per heavy atom. The highest BCUT2D eigenvalue weighted by Crippen LogP contribution is 2.30. The molecule has 4 heteroatoms. The number of aliphatic hydroxyl groups is 1. The molecule has 0 spiro atoms. The van der Waals surface area contributed by atoms with Gasteiger partial charge in [-0.25, -0.2) is 4.79 Å². The van der Waals surface area contributed by atoms with Crippen LogP contribution < -0.4 is 10.6 Å². The fourth-order valence-corrected chi connectivity index (χ4v) is 2.41. The zero-order valence-corrected chi connectivity index (χ0v) is 12.4. The third-order valence-electron chi connectivity index (χ3n) is 3.89. The van der Waals surface area contributed by atoms with Crippen molar-refractivity contribution < 1.29 is 9.90 Å². The smallest absolute Gasteiger partial charge is 0.315 e. The molecule has 0 aliphatic heterocycles. The second-order valence-electron chi connectivity index (χ2n) is 6.53. The Balaban J connectivity index is 1.85. The van der Waals surface area contributed by atoms with Crippen LogP contribution in [0.3, 0.4) is 0 Å². The van der Waals surface area contributed by atoms with Gasteiger partial charge in [-0.1, -0.05) is 45.0 Å². The molecule has 0 saturated carbocycles.